The first-order valence-corrected chi connectivity index (χ1v) is 6.47. The molecule has 0 unspecified atom stereocenters. The molecule has 2 aromatic rings. The predicted molar refractivity (Wildman–Crippen MR) is 71.8 cm³/mol. The Labute approximate surface area is 118 Å². The molecular formula is C12H7Cl2NO2S. The van der Waals surface area contributed by atoms with Crippen LogP contribution in [0.15, 0.2) is 46.3 Å². The monoisotopic (exact) mass is 299 g/mol. The molecule has 0 spiro atoms. The highest BCUT2D eigenvalue weighted by Crippen LogP contribution is 2.28. The number of carboxylic acids is 1. The fourth-order valence-electron chi connectivity index (χ4n) is 1.25. The molecule has 92 valence electrons. The third kappa shape index (κ3) is 3.16. The molecular weight excluding hydrogens is 293 g/mol. The minimum atomic E-state index is -1.14. The van der Waals surface area contributed by atoms with Crippen LogP contribution in [0.5, 0.6) is 0 Å². The minimum Gasteiger partial charge on any atom is -0.476 e. The Balaban J connectivity index is 2.27. The van der Waals surface area contributed by atoms with E-state index in [1.165, 1.54) is 17.8 Å². The topological polar surface area (TPSA) is 50.2 Å². The van der Waals surface area contributed by atoms with Crippen molar-refractivity contribution in [3.05, 3.63) is 52.1 Å². The molecule has 6 heteroatoms. The van der Waals surface area contributed by atoms with Gasteiger partial charge in [-0.15, -0.1) is 0 Å². The fraction of sp³-hybridized carbons (Fsp3) is 0. The van der Waals surface area contributed by atoms with Gasteiger partial charge < -0.3 is 5.11 Å². The standard InChI is InChI=1S/C12H7Cl2NO2S/c13-7-1-3-8(4-2-7)18-10-6-5-9(14)11(15-10)12(16)17/h1-6H,(H,16,17). The SMILES string of the molecule is O=C(O)c1nc(Sc2ccc(Cl)cc2)ccc1Cl. The first-order chi connectivity index (χ1) is 8.56. The van der Waals surface area contributed by atoms with Gasteiger partial charge in [0.25, 0.3) is 0 Å². The van der Waals surface area contributed by atoms with Crippen LogP contribution in [0.25, 0.3) is 0 Å². The number of pyridine rings is 1. The van der Waals surface area contributed by atoms with Gasteiger partial charge in [0.1, 0.15) is 5.03 Å². The molecule has 0 atom stereocenters. The lowest BCUT2D eigenvalue weighted by atomic mass is 10.3. The third-order valence-corrected chi connectivity index (χ3v) is 3.56. The third-order valence-electron chi connectivity index (χ3n) is 2.06. The van der Waals surface area contributed by atoms with Crippen molar-refractivity contribution in [2.45, 2.75) is 9.92 Å². The molecule has 0 saturated heterocycles. The van der Waals surface area contributed by atoms with E-state index in [0.717, 1.165) is 4.90 Å². The largest absolute Gasteiger partial charge is 0.476 e. The summed E-state index contributed by atoms with van der Waals surface area (Å²) in [5, 5.41) is 10.3. The van der Waals surface area contributed by atoms with Gasteiger partial charge in [-0.1, -0.05) is 35.0 Å². The molecule has 0 bridgehead atoms. The van der Waals surface area contributed by atoms with Gasteiger partial charge in [-0.05, 0) is 36.4 Å². The van der Waals surface area contributed by atoms with E-state index >= 15 is 0 Å². The van der Waals surface area contributed by atoms with Gasteiger partial charge in [-0.2, -0.15) is 0 Å². The smallest absolute Gasteiger partial charge is 0.356 e. The Morgan fingerprint density at radius 1 is 1.11 bits per heavy atom. The quantitative estimate of drug-likeness (QED) is 0.921. The Hall–Kier alpha value is -1.23. The van der Waals surface area contributed by atoms with Crippen LogP contribution in [0.2, 0.25) is 10.0 Å². The highest BCUT2D eigenvalue weighted by atomic mass is 35.5. The summed E-state index contributed by atoms with van der Waals surface area (Å²) in [6.07, 6.45) is 0. The van der Waals surface area contributed by atoms with Gasteiger partial charge in [-0.25, -0.2) is 9.78 Å². The van der Waals surface area contributed by atoms with E-state index in [4.69, 9.17) is 28.3 Å². The Morgan fingerprint density at radius 2 is 1.78 bits per heavy atom. The van der Waals surface area contributed by atoms with Crippen LogP contribution in [-0.4, -0.2) is 16.1 Å². The van der Waals surface area contributed by atoms with E-state index in [1.54, 1.807) is 18.2 Å². The van der Waals surface area contributed by atoms with Crippen molar-refractivity contribution in [1.29, 1.82) is 0 Å². The van der Waals surface area contributed by atoms with Crippen LogP contribution < -0.4 is 0 Å². The lowest BCUT2D eigenvalue weighted by Crippen LogP contribution is -2.01. The zero-order valence-electron chi connectivity index (χ0n) is 8.93. The highest BCUT2D eigenvalue weighted by molar-refractivity contribution is 7.99. The van der Waals surface area contributed by atoms with Gasteiger partial charge in [0, 0.05) is 9.92 Å². The second-order valence-electron chi connectivity index (χ2n) is 3.34. The molecule has 0 radical (unpaired) electrons. The molecule has 2 rings (SSSR count). The number of rotatable bonds is 3. The van der Waals surface area contributed by atoms with Crippen molar-refractivity contribution in [1.82, 2.24) is 4.98 Å². The van der Waals surface area contributed by atoms with Crippen molar-refractivity contribution in [2.75, 3.05) is 0 Å². The molecule has 0 aliphatic rings. The summed E-state index contributed by atoms with van der Waals surface area (Å²) >= 11 is 12.9. The Morgan fingerprint density at radius 3 is 2.39 bits per heavy atom. The summed E-state index contributed by atoms with van der Waals surface area (Å²) < 4.78 is 0. The molecule has 1 aromatic heterocycles. The van der Waals surface area contributed by atoms with E-state index < -0.39 is 5.97 Å². The summed E-state index contributed by atoms with van der Waals surface area (Å²) in [4.78, 5) is 15.8. The first kappa shape index (κ1) is 13.2. The van der Waals surface area contributed by atoms with Crippen LogP contribution in [0, 0.1) is 0 Å². The zero-order valence-corrected chi connectivity index (χ0v) is 11.3. The lowest BCUT2D eigenvalue weighted by Gasteiger charge is -2.03. The summed E-state index contributed by atoms with van der Waals surface area (Å²) in [7, 11) is 0. The van der Waals surface area contributed by atoms with Crippen LogP contribution in [0.1, 0.15) is 10.5 Å². The number of hydrogen-bond donors (Lipinski definition) is 1. The number of benzene rings is 1. The van der Waals surface area contributed by atoms with Crippen molar-refractivity contribution < 1.29 is 9.90 Å². The van der Waals surface area contributed by atoms with E-state index in [2.05, 4.69) is 4.98 Å². The van der Waals surface area contributed by atoms with Crippen LogP contribution in [0.4, 0.5) is 0 Å². The molecule has 0 aliphatic carbocycles. The maximum Gasteiger partial charge on any atom is 0.356 e. The number of hydrogen-bond acceptors (Lipinski definition) is 3. The van der Waals surface area contributed by atoms with Gasteiger partial charge in [-0.3, -0.25) is 0 Å². The van der Waals surface area contributed by atoms with Crippen LogP contribution in [0.3, 0.4) is 0 Å². The molecule has 18 heavy (non-hydrogen) atoms. The number of aromatic carboxylic acids is 1. The van der Waals surface area contributed by atoms with Crippen molar-refractivity contribution >= 4 is 40.9 Å². The van der Waals surface area contributed by atoms with Gasteiger partial charge >= 0.3 is 5.97 Å². The second-order valence-corrected chi connectivity index (χ2v) is 5.28. The van der Waals surface area contributed by atoms with Crippen molar-refractivity contribution in [2.24, 2.45) is 0 Å². The molecule has 0 aliphatic heterocycles. The average Bonchev–Trinajstić information content (AvgIpc) is 2.34. The second kappa shape index (κ2) is 5.61. The Kier molecular flexibility index (Phi) is 4.11. The van der Waals surface area contributed by atoms with Gasteiger partial charge in [0.15, 0.2) is 5.69 Å². The maximum absolute atomic E-state index is 10.9. The number of halogens is 2. The van der Waals surface area contributed by atoms with E-state index in [-0.39, 0.29) is 10.7 Å². The minimum absolute atomic E-state index is 0.128. The summed E-state index contributed by atoms with van der Waals surface area (Å²) in [5.74, 6) is -1.14. The lowest BCUT2D eigenvalue weighted by molar-refractivity contribution is 0.0690. The van der Waals surface area contributed by atoms with Crippen molar-refractivity contribution in [3.63, 3.8) is 0 Å². The number of nitrogens with zero attached hydrogens (tertiary/aromatic N) is 1. The molecule has 1 N–H and O–H groups in total. The molecule has 3 nitrogen and oxygen atoms in total. The van der Waals surface area contributed by atoms with Gasteiger partial charge in [0.05, 0.1) is 5.02 Å². The molecule has 0 fully saturated rings. The Bertz CT molecular complexity index is 587. The highest BCUT2D eigenvalue weighted by Gasteiger charge is 2.11. The fourth-order valence-corrected chi connectivity index (χ4v) is 2.35. The number of aromatic nitrogens is 1. The molecule has 0 saturated carbocycles. The molecule has 0 amide bonds. The normalized spacial score (nSPS) is 10.3. The summed E-state index contributed by atoms with van der Waals surface area (Å²) in [6.45, 7) is 0. The predicted octanol–water partition coefficient (Wildman–Crippen LogP) is 4.24. The first-order valence-electron chi connectivity index (χ1n) is 4.89. The number of carboxylic acid groups (broad SMARTS) is 1. The molecule has 1 aromatic carbocycles. The van der Waals surface area contributed by atoms with E-state index in [9.17, 15) is 4.79 Å². The van der Waals surface area contributed by atoms with E-state index in [0.29, 0.717) is 10.0 Å². The maximum atomic E-state index is 10.9. The summed E-state index contributed by atoms with van der Waals surface area (Å²) in [6, 6.07) is 10.4. The van der Waals surface area contributed by atoms with E-state index in [1.807, 2.05) is 12.1 Å². The zero-order chi connectivity index (χ0) is 13.1. The van der Waals surface area contributed by atoms with Crippen LogP contribution in [-0.2, 0) is 0 Å². The number of carbonyl (C=O) groups is 1. The molecule has 1 heterocycles. The summed E-state index contributed by atoms with van der Waals surface area (Å²) in [5.41, 5.74) is -0.143. The average molecular weight is 300 g/mol. The van der Waals surface area contributed by atoms with Crippen molar-refractivity contribution in [3.8, 4) is 0 Å². The van der Waals surface area contributed by atoms with Crippen LogP contribution >= 0.6 is 35.0 Å². The van der Waals surface area contributed by atoms with Gasteiger partial charge in [0.2, 0.25) is 0 Å².